The van der Waals surface area contributed by atoms with E-state index in [-0.39, 0.29) is 6.42 Å². The molecule has 0 spiro atoms. The number of hydrogen-bond donors (Lipinski definition) is 1. The molecule has 0 unspecified atom stereocenters. The van der Waals surface area contributed by atoms with Crippen LogP contribution in [0.4, 0.5) is 5.13 Å². The predicted molar refractivity (Wildman–Crippen MR) is 127 cm³/mol. The Morgan fingerprint density at radius 3 is 2.06 bits per heavy atom. The number of amides is 3. The summed E-state index contributed by atoms with van der Waals surface area (Å²) < 4.78 is 0. The summed E-state index contributed by atoms with van der Waals surface area (Å²) in [6.07, 6.45) is 0.203. The molecule has 3 aromatic carbocycles. The fourth-order valence-electron chi connectivity index (χ4n) is 3.89. The van der Waals surface area contributed by atoms with Gasteiger partial charge in [0.05, 0.1) is 16.8 Å². The van der Waals surface area contributed by atoms with Gasteiger partial charge in [-0.1, -0.05) is 72.8 Å². The molecular formula is C26H19N3O3S. The SMILES string of the molecule is O=C(Nc1nc(-c2ccccc2)cs1)[C@H](Cc1ccccc1)N1C(=O)c2ccccc2C1=O. The second kappa shape index (κ2) is 8.80. The predicted octanol–water partition coefficient (Wildman–Crippen LogP) is 4.66. The van der Waals surface area contributed by atoms with Crippen LogP contribution in [0.2, 0.25) is 0 Å². The highest BCUT2D eigenvalue weighted by atomic mass is 32.1. The molecule has 33 heavy (non-hydrogen) atoms. The molecule has 0 fully saturated rings. The molecule has 0 saturated carbocycles. The molecule has 6 nitrogen and oxygen atoms in total. The molecule has 1 atom stereocenters. The molecule has 4 aromatic rings. The third kappa shape index (κ3) is 4.06. The molecule has 0 radical (unpaired) electrons. The Bertz CT molecular complexity index is 1300. The highest BCUT2D eigenvalue weighted by Crippen LogP contribution is 2.28. The molecule has 1 aromatic heterocycles. The molecule has 7 heteroatoms. The van der Waals surface area contributed by atoms with Crippen LogP contribution in [-0.2, 0) is 11.2 Å². The number of thiazole rings is 1. The van der Waals surface area contributed by atoms with Gasteiger partial charge in [-0.3, -0.25) is 19.3 Å². The second-order valence-corrected chi connectivity index (χ2v) is 8.48. The zero-order chi connectivity index (χ0) is 22.8. The third-order valence-corrected chi connectivity index (χ3v) is 6.27. The number of hydrogen-bond acceptors (Lipinski definition) is 5. The van der Waals surface area contributed by atoms with Gasteiger partial charge in [-0.2, -0.15) is 0 Å². The van der Waals surface area contributed by atoms with Crippen molar-refractivity contribution in [1.82, 2.24) is 9.88 Å². The lowest BCUT2D eigenvalue weighted by atomic mass is 10.0. The standard InChI is InChI=1S/C26H19N3O3S/c30-23(28-26-27-21(16-33-26)18-11-5-2-6-12-18)22(15-17-9-3-1-4-10-17)29-24(31)19-13-7-8-14-20(19)25(29)32/h1-14,16,22H,15H2,(H,27,28,30)/t22-/m0/s1. The van der Waals surface area contributed by atoms with E-state index in [9.17, 15) is 14.4 Å². The highest BCUT2D eigenvalue weighted by molar-refractivity contribution is 7.14. The van der Waals surface area contributed by atoms with Crippen LogP contribution >= 0.6 is 11.3 Å². The molecular weight excluding hydrogens is 434 g/mol. The smallest absolute Gasteiger partial charge is 0.262 e. The van der Waals surface area contributed by atoms with Crippen molar-refractivity contribution in [3.63, 3.8) is 0 Å². The lowest BCUT2D eigenvalue weighted by Crippen LogP contribution is -2.48. The van der Waals surface area contributed by atoms with Crippen molar-refractivity contribution in [2.24, 2.45) is 0 Å². The van der Waals surface area contributed by atoms with E-state index in [1.54, 1.807) is 24.3 Å². The number of nitrogens with one attached hydrogen (secondary N) is 1. The van der Waals surface area contributed by atoms with Crippen molar-refractivity contribution in [2.75, 3.05) is 5.32 Å². The Hall–Kier alpha value is -4.10. The van der Waals surface area contributed by atoms with E-state index in [1.807, 2.05) is 66.0 Å². The van der Waals surface area contributed by atoms with Crippen molar-refractivity contribution >= 4 is 34.2 Å². The van der Waals surface area contributed by atoms with Crippen LogP contribution in [0.15, 0.2) is 90.3 Å². The van der Waals surface area contributed by atoms with Crippen LogP contribution < -0.4 is 5.32 Å². The van der Waals surface area contributed by atoms with Crippen LogP contribution in [0.25, 0.3) is 11.3 Å². The fourth-order valence-corrected chi connectivity index (χ4v) is 4.61. The van der Waals surface area contributed by atoms with Crippen molar-refractivity contribution in [2.45, 2.75) is 12.5 Å². The van der Waals surface area contributed by atoms with Crippen LogP contribution in [-0.4, -0.2) is 33.6 Å². The Labute approximate surface area is 194 Å². The van der Waals surface area contributed by atoms with Crippen molar-refractivity contribution in [3.05, 3.63) is 107 Å². The summed E-state index contributed by atoms with van der Waals surface area (Å²) in [7, 11) is 0. The Morgan fingerprint density at radius 2 is 1.42 bits per heavy atom. The Kier molecular flexibility index (Phi) is 5.54. The largest absolute Gasteiger partial charge is 0.300 e. The van der Waals surface area contributed by atoms with Gasteiger partial charge >= 0.3 is 0 Å². The molecule has 1 aliphatic rings. The van der Waals surface area contributed by atoms with Gasteiger partial charge in [0.15, 0.2) is 5.13 Å². The zero-order valence-electron chi connectivity index (χ0n) is 17.5. The van der Waals surface area contributed by atoms with Crippen LogP contribution in [0.1, 0.15) is 26.3 Å². The molecule has 5 rings (SSSR count). The quantitative estimate of drug-likeness (QED) is 0.431. The summed E-state index contributed by atoms with van der Waals surface area (Å²) in [6.45, 7) is 0. The number of anilines is 1. The number of aromatic nitrogens is 1. The summed E-state index contributed by atoms with van der Waals surface area (Å²) in [4.78, 5) is 45.2. The van der Waals surface area contributed by atoms with Crippen molar-refractivity contribution < 1.29 is 14.4 Å². The van der Waals surface area contributed by atoms with E-state index in [1.165, 1.54) is 11.3 Å². The molecule has 0 bridgehead atoms. The molecule has 162 valence electrons. The summed E-state index contributed by atoms with van der Waals surface area (Å²) >= 11 is 1.30. The fraction of sp³-hybridized carbons (Fsp3) is 0.0769. The van der Waals surface area contributed by atoms with Crippen molar-refractivity contribution in [1.29, 1.82) is 0 Å². The first-order valence-electron chi connectivity index (χ1n) is 10.4. The van der Waals surface area contributed by atoms with Gasteiger partial charge in [0.1, 0.15) is 6.04 Å². The van der Waals surface area contributed by atoms with Gasteiger partial charge in [-0.25, -0.2) is 4.98 Å². The number of benzene rings is 3. The Balaban J connectivity index is 1.44. The third-order valence-electron chi connectivity index (χ3n) is 5.52. The lowest BCUT2D eigenvalue weighted by Gasteiger charge is -2.25. The van der Waals surface area contributed by atoms with Gasteiger partial charge in [-0.05, 0) is 17.7 Å². The van der Waals surface area contributed by atoms with E-state index in [2.05, 4.69) is 10.3 Å². The van der Waals surface area contributed by atoms with Crippen LogP contribution in [0.3, 0.4) is 0 Å². The average molecular weight is 454 g/mol. The molecule has 1 aliphatic heterocycles. The maximum absolute atomic E-state index is 13.4. The summed E-state index contributed by atoms with van der Waals surface area (Å²) in [5.74, 6) is -1.38. The van der Waals surface area contributed by atoms with Crippen LogP contribution in [0.5, 0.6) is 0 Å². The van der Waals surface area contributed by atoms with Gasteiger partial charge in [0.25, 0.3) is 11.8 Å². The summed E-state index contributed by atoms with van der Waals surface area (Å²) in [6, 6.07) is 24.6. The minimum atomic E-state index is -1.01. The normalized spacial score (nSPS) is 13.6. The van der Waals surface area contributed by atoms with Gasteiger partial charge in [-0.15, -0.1) is 11.3 Å². The first-order chi connectivity index (χ1) is 16.1. The molecule has 0 aliphatic carbocycles. The number of rotatable bonds is 6. The Morgan fingerprint density at radius 1 is 0.848 bits per heavy atom. The number of carbonyl (C=O) groups excluding carboxylic acids is 3. The monoisotopic (exact) mass is 453 g/mol. The molecule has 1 N–H and O–H groups in total. The van der Waals surface area contributed by atoms with E-state index in [0.717, 1.165) is 21.7 Å². The van der Waals surface area contributed by atoms with E-state index in [0.29, 0.717) is 16.3 Å². The molecule has 0 saturated heterocycles. The van der Waals surface area contributed by atoms with Crippen molar-refractivity contribution in [3.8, 4) is 11.3 Å². The van der Waals surface area contributed by atoms with Gasteiger partial charge in [0.2, 0.25) is 5.91 Å². The minimum absolute atomic E-state index is 0.203. The topological polar surface area (TPSA) is 79.4 Å². The first kappa shape index (κ1) is 20.8. The van der Waals surface area contributed by atoms with E-state index < -0.39 is 23.8 Å². The molecule has 2 heterocycles. The van der Waals surface area contributed by atoms with E-state index >= 15 is 0 Å². The van der Waals surface area contributed by atoms with Gasteiger partial charge in [0, 0.05) is 17.4 Å². The highest BCUT2D eigenvalue weighted by Gasteiger charge is 2.42. The zero-order valence-corrected chi connectivity index (χ0v) is 18.3. The first-order valence-corrected chi connectivity index (χ1v) is 11.3. The summed E-state index contributed by atoms with van der Waals surface area (Å²) in [5, 5.41) is 5.09. The van der Waals surface area contributed by atoms with E-state index in [4.69, 9.17) is 0 Å². The summed E-state index contributed by atoms with van der Waals surface area (Å²) in [5.41, 5.74) is 3.16. The van der Waals surface area contributed by atoms with Crippen LogP contribution in [0, 0.1) is 0 Å². The number of fused-ring (bicyclic) bond motifs is 1. The lowest BCUT2D eigenvalue weighted by molar-refractivity contribution is -0.119. The van der Waals surface area contributed by atoms with Gasteiger partial charge < -0.3 is 5.32 Å². The average Bonchev–Trinajstić information content (AvgIpc) is 3.42. The number of nitrogens with zero attached hydrogens (tertiary/aromatic N) is 2. The minimum Gasteiger partial charge on any atom is -0.300 e. The maximum atomic E-state index is 13.4. The number of carbonyl (C=O) groups is 3. The number of imide groups is 1. The maximum Gasteiger partial charge on any atom is 0.262 e. The molecule has 3 amide bonds. The second-order valence-electron chi connectivity index (χ2n) is 7.62.